The molecule has 1 heterocycles. The van der Waals surface area contributed by atoms with Gasteiger partial charge in [-0.25, -0.2) is 4.98 Å². The van der Waals surface area contributed by atoms with Crippen molar-refractivity contribution in [2.45, 2.75) is 4.90 Å². The Morgan fingerprint density at radius 1 is 0.963 bits per heavy atom. The third-order valence-corrected chi connectivity index (χ3v) is 4.98. The molecule has 2 N–H and O–H groups in total. The van der Waals surface area contributed by atoms with Gasteiger partial charge in [-0.1, -0.05) is 12.1 Å². The maximum atomic E-state index is 9.56. The Labute approximate surface area is 162 Å². The summed E-state index contributed by atoms with van der Waals surface area (Å²) in [6.45, 7) is 0. The Kier molecular flexibility index (Phi) is 5.53. The number of nitrogens with zero attached hydrogens (tertiary/aromatic N) is 2. The van der Waals surface area contributed by atoms with Crippen LogP contribution in [0.15, 0.2) is 53.4 Å². The highest BCUT2D eigenvalue weighted by molar-refractivity contribution is 7.98. The molecule has 3 aromatic rings. The predicted octanol–water partition coefficient (Wildman–Crippen LogP) is 4.61. The summed E-state index contributed by atoms with van der Waals surface area (Å²) >= 11 is 1.67. The number of methoxy groups -OCH3 is 2. The number of anilines is 1. The fraction of sp³-hybridized carbons (Fsp3) is 0.143. The number of hydrogen-bond donors (Lipinski definition) is 1. The van der Waals surface area contributed by atoms with Crippen LogP contribution in [-0.2, 0) is 0 Å². The van der Waals surface area contributed by atoms with Gasteiger partial charge in [-0.05, 0) is 48.2 Å². The highest BCUT2D eigenvalue weighted by Gasteiger charge is 2.15. The topological polar surface area (TPSA) is 81.2 Å². The first kappa shape index (κ1) is 18.6. The Balaban J connectivity index is 2.16. The summed E-state index contributed by atoms with van der Waals surface area (Å²) in [5, 5.41) is 9.56. The molecule has 0 bridgehead atoms. The molecule has 1 aromatic heterocycles. The van der Waals surface area contributed by atoms with Crippen molar-refractivity contribution in [3.63, 3.8) is 0 Å². The molecule has 0 spiro atoms. The van der Waals surface area contributed by atoms with Gasteiger partial charge in [0.15, 0.2) is 11.5 Å². The third kappa shape index (κ3) is 3.69. The fourth-order valence-electron chi connectivity index (χ4n) is 2.82. The summed E-state index contributed by atoms with van der Waals surface area (Å²) in [4.78, 5) is 5.57. The molecule has 0 atom stereocenters. The summed E-state index contributed by atoms with van der Waals surface area (Å²) in [5.41, 5.74) is 9.63. The SMILES string of the molecule is COc1ccc(-c2cc(-c3ccc(SC)cc3)c(C#N)c(N)n2)cc1OC. The largest absolute Gasteiger partial charge is 0.493 e. The normalized spacial score (nSPS) is 10.3. The van der Waals surface area contributed by atoms with Gasteiger partial charge in [-0.15, -0.1) is 11.8 Å². The van der Waals surface area contributed by atoms with E-state index in [-0.39, 0.29) is 5.82 Å². The van der Waals surface area contributed by atoms with Crippen LogP contribution in [0, 0.1) is 11.3 Å². The van der Waals surface area contributed by atoms with Crippen LogP contribution in [0.1, 0.15) is 5.56 Å². The van der Waals surface area contributed by atoms with Crippen LogP contribution in [0.3, 0.4) is 0 Å². The highest BCUT2D eigenvalue weighted by Crippen LogP contribution is 2.35. The molecular formula is C21H19N3O2S. The third-order valence-electron chi connectivity index (χ3n) is 4.24. The van der Waals surface area contributed by atoms with Gasteiger partial charge in [0.2, 0.25) is 0 Å². The Morgan fingerprint density at radius 3 is 2.22 bits per heavy atom. The van der Waals surface area contributed by atoms with Crippen LogP contribution >= 0.6 is 11.8 Å². The van der Waals surface area contributed by atoms with E-state index in [4.69, 9.17) is 15.2 Å². The zero-order chi connectivity index (χ0) is 19.4. The van der Waals surface area contributed by atoms with E-state index >= 15 is 0 Å². The van der Waals surface area contributed by atoms with Crippen molar-refractivity contribution in [3.8, 4) is 40.0 Å². The van der Waals surface area contributed by atoms with Gasteiger partial charge >= 0.3 is 0 Å². The van der Waals surface area contributed by atoms with Crippen molar-refractivity contribution in [1.82, 2.24) is 4.98 Å². The van der Waals surface area contributed by atoms with Crippen LogP contribution in [0.2, 0.25) is 0 Å². The average Bonchev–Trinajstić information content (AvgIpc) is 2.72. The molecule has 0 fully saturated rings. The summed E-state index contributed by atoms with van der Waals surface area (Å²) < 4.78 is 10.7. The van der Waals surface area contributed by atoms with E-state index in [0.29, 0.717) is 22.8 Å². The van der Waals surface area contributed by atoms with Gasteiger partial charge in [0.05, 0.1) is 19.9 Å². The molecule has 136 valence electrons. The van der Waals surface area contributed by atoms with E-state index in [0.717, 1.165) is 21.6 Å². The van der Waals surface area contributed by atoms with E-state index in [1.807, 2.05) is 54.8 Å². The van der Waals surface area contributed by atoms with Crippen LogP contribution in [0.5, 0.6) is 11.5 Å². The van der Waals surface area contributed by atoms with E-state index in [1.54, 1.807) is 26.0 Å². The maximum Gasteiger partial charge on any atom is 0.161 e. The lowest BCUT2D eigenvalue weighted by atomic mass is 9.98. The van der Waals surface area contributed by atoms with Gasteiger partial charge in [0.1, 0.15) is 17.5 Å². The summed E-state index contributed by atoms with van der Waals surface area (Å²) in [6.07, 6.45) is 2.02. The molecule has 0 saturated heterocycles. The van der Waals surface area contributed by atoms with Crippen LogP contribution in [-0.4, -0.2) is 25.5 Å². The first-order valence-electron chi connectivity index (χ1n) is 8.18. The standard InChI is InChI=1S/C21H19N3O2S/c1-25-19-9-6-14(10-20(19)26-2)18-11-16(17(12-22)21(23)24-18)13-4-7-15(27-3)8-5-13/h4-11H,1-3H3,(H2,23,24). The number of pyridine rings is 1. The van der Waals surface area contributed by atoms with E-state index in [2.05, 4.69) is 11.1 Å². The first-order valence-corrected chi connectivity index (χ1v) is 9.41. The van der Waals surface area contributed by atoms with Crippen molar-refractivity contribution in [2.75, 3.05) is 26.2 Å². The van der Waals surface area contributed by atoms with E-state index < -0.39 is 0 Å². The molecule has 0 unspecified atom stereocenters. The van der Waals surface area contributed by atoms with Crippen LogP contribution in [0.4, 0.5) is 5.82 Å². The molecule has 2 aromatic carbocycles. The lowest BCUT2D eigenvalue weighted by molar-refractivity contribution is 0.355. The number of hydrogen-bond acceptors (Lipinski definition) is 6. The molecule has 0 aliphatic rings. The fourth-order valence-corrected chi connectivity index (χ4v) is 3.23. The zero-order valence-electron chi connectivity index (χ0n) is 15.3. The minimum Gasteiger partial charge on any atom is -0.493 e. The second kappa shape index (κ2) is 8.02. The first-order chi connectivity index (χ1) is 13.1. The van der Waals surface area contributed by atoms with E-state index in [9.17, 15) is 5.26 Å². The molecule has 5 nitrogen and oxygen atoms in total. The number of nitriles is 1. The van der Waals surface area contributed by atoms with Crippen molar-refractivity contribution in [2.24, 2.45) is 0 Å². The number of ether oxygens (including phenoxy) is 2. The van der Waals surface area contributed by atoms with Gasteiger partial charge in [-0.2, -0.15) is 5.26 Å². The lowest BCUT2D eigenvalue weighted by Gasteiger charge is -2.12. The number of aromatic nitrogens is 1. The van der Waals surface area contributed by atoms with Crippen molar-refractivity contribution in [3.05, 3.63) is 54.1 Å². The number of rotatable bonds is 5. The van der Waals surface area contributed by atoms with Crippen LogP contribution in [0.25, 0.3) is 22.4 Å². The van der Waals surface area contributed by atoms with Crippen molar-refractivity contribution in [1.29, 1.82) is 5.26 Å². The minimum absolute atomic E-state index is 0.203. The quantitative estimate of drug-likeness (QED) is 0.654. The molecule has 0 saturated carbocycles. The molecule has 3 rings (SSSR count). The number of thioether (sulfide) groups is 1. The summed E-state index contributed by atoms with van der Waals surface area (Å²) in [5.74, 6) is 1.44. The molecular weight excluding hydrogens is 358 g/mol. The predicted molar refractivity (Wildman–Crippen MR) is 109 cm³/mol. The lowest BCUT2D eigenvalue weighted by Crippen LogP contribution is -2.00. The molecule has 27 heavy (non-hydrogen) atoms. The van der Waals surface area contributed by atoms with Gasteiger partial charge in [0.25, 0.3) is 0 Å². The summed E-state index contributed by atoms with van der Waals surface area (Å²) in [6, 6.07) is 17.6. The minimum atomic E-state index is 0.203. The average molecular weight is 377 g/mol. The molecule has 0 aliphatic heterocycles. The number of nitrogen functional groups attached to an aromatic ring is 1. The monoisotopic (exact) mass is 377 g/mol. The van der Waals surface area contributed by atoms with Gasteiger partial charge in [-0.3, -0.25) is 0 Å². The Bertz CT molecular complexity index is 1010. The Hall–Kier alpha value is -3.17. The maximum absolute atomic E-state index is 9.56. The van der Waals surface area contributed by atoms with Gasteiger partial charge in [0, 0.05) is 16.0 Å². The Morgan fingerprint density at radius 2 is 1.63 bits per heavy atom. The molecule has 0 aliphatic carbocycles. The summed E-state index contributed by atoms with van der Waals surface area (Å²) in [7, 11) is 3.17. The number of benzene rings is 2. The molecule has 6 heteroatoms. The number of nitrogens with two attached hydrogens (primary N) is 1. The van der Waals surface area contributed by atoms with Crippen molar-refractivity contribution >= 4 is 17.6 Å². The second-order valence-corrected chi connectivity index (χ2v) is 6.61. The van der Waals surface area contributed by atoms with Gasteiger partial charge < -0.3 is 15.2 Å². The zero-order valence-corrected chi connectivity index (χ0v) is 16.1. The van der Waals surface area contributed by atoms with Crippen molar-refractivity contribution < 1.29 is 9.47 Å². The second-order valence-electron chi connectivity index (χ2n) is 5.73. The molecule has 0 amide bonds. The molecule has 0 radical (unpaired) electrons. The highest BCUT2D eigenvalue weighted by atomic mass is 32.2. The van der Waals surface area contributed by atoms with E-state index in [1.165, 1.54) is 0 Å². The van der Waals surface area contributed by atoms with Crippen LogP contribution < -0.4 is 15.2 Å². The smallest absolute Gasteiger partial charge is 0.161 e.